The number of hydrogen-bond acceptors (Lipinski definition) is 3. The summed E-state index contributed by atoms with van der Waals surface area (Å²) in [4.78, 5) is 24.1. The number of nitrogens with one attached hydrogen (secondary N) is 1. The number of alkyl halides is 1. The molecule has 0 fully saturated rings. The van der Waals surface area contributed by atoms with Crippen LogP contribution >= 0.6 is 11.6 Å². The van der Waals surface area contributed by atoms with E-state index in [1.807, 2.05) is 30.3 Å². The summed E-state index contributed by atoms with van der Waals surface area (Å²) in [6.07, 6.45) is -0.266. The van der Waals surface area contributed by atoms with E-state index < -0.39 is 17.2 Å². The smallest absolute Gasteiger partial charge is 0.408 e. The molecule has 0 aliphatic rings. The van der Waals surface area contributed by atoms with Gasteiger partial charge in [-0.3, -0.25) is 4.79 Å². The summed E-state index contributed by atoms with van der Waals surface area (Å²) in [5.74, 6) is -0.419. The van der Waals surface area contributed by atoms with Gasteiger partial charge >= 0.3 is 6.09 Å². The molecular weight excluding hydrogens is 290 g/mol. The monoisotopic (exact) mass is 311 g/mol. The number of ether oxygens (including phenoxy) is 1. The zero-order valence-electron chi connectivity index (χ0n) is 12.9. The molecule has 0 aliphatic carbocycles. The molecule has 1 aromatic carbocycles. The molecule has 1 N–H and O–H groups in total. The molecule has 1 amide bonds. The Kier molecular flexibility index (Phi) is 5.78. The summed E-state index contributed by atoms with van der Waals surface area (Å²) < 4.78 is 5.22. The molecule has 0 saturated heterocycles. The van der Waals surface area contributed by atoms with Crippen molar-refractivity contribution in [3.63, 3.8) is 0 Å². The number of benzene rings is 1. The van der Waals surface area contributed by atoms with Gasteiger partial charge in [0.05, 0.1) is 5.88 Å². The number of hydrogen-bond donors (Lipinski definition) is 1. The highest BCUT2D eigenvalue weighted by Crippen LogP contribution is 2.17. The van der Waals surface area contributed by atoms with E-state index in [2.05, 4.69) is 5.32 Å². The predicted octanol–water partition coefficient (Wildman–Crippen LogP) is 3.32. The van der Waals surface area contributed by atoms with E-state index in [1.165, 1.54) is 0 Å². The van der Waals surface area contributed by atoms with Crippen LogP contribution in [-0.4, -0.2) is 28.9 Å². The van der Waals surface area contributed by atoms with Crippen LogP contribution in [0.2, 0.25) is 0 Å². The van der Waals surface area contributed by atoms with Crippen molar-refractivity contribution >= 4 is 23.5 Å². The molecule has 1 rings (SSSR count). The predicted molar refractivity (Wildman–Crippen MR) is 83.6 cm³/mol. The van der Waals surface area contributed by atoms with E-state index in [4.69, 9.17) is 16.3 Å². The minimum Gasteiger partial charge on any atom is -0.444 e. The van der Waals surface area contributed by atoms with Crippen molar-refractivity contribution < 1.29 is 14.3 Å². The molecular formula is C16H22ClNO3. The van der Waals surface area contributed by atoms with Crippen LogP contribution in [0.3, 0.4) is 0 Å². The second kappa shape index (κ2) is 6.94. The highest BCUT2D eigenvalue weighted by atomic mass is 35.5. The average Bonchev–Trinajstić information content (AvgIpc) is 2.36. The molecule has 4 nitrogen and oxygen atoms in total. The molecule has 0 aromatic heterocycles. The van der Waals surface area contributed by atoms with Crippen LogP contribution < -0.4 is 5.32 Å². The minimum absolute atomic E-state index is 0.168. The van der Waals surface area contributed by atoms with Crippen LogP contribution in [0.1, 0.15) is 33.3 Å². The molecule has 1 atom stereocenters. The van der Waals surface area contributed by atoms with E-state index >= 15 is 0 Å². The Morgan fingerprint density at radius 2 is 1.71 bits per heavy atom. The van der Waals surface area contributed by atoms with Crippen LogP contribution in [-0.2, 0) is 16.0 Å². The molecule has 0 bridgehead atoms. The van der Waals surface area contributed by atoms with Crippen LogP contribution in [0.5, 0.6) is 0 Å². The SMILES string of the molecule is CC(C)(C)OC(=O)N[C@](C)(Cc1ccccc1)C(=O)CCl. The molecule has 0 saturated carbocycles. The third-order valence-electron chi connectivity index (χ3n) is 2.91. The lowest BCUT2D eigenvalue weighted by molar-refractivity contribution is -0.122. The second-order valence-electron chi connectivity index (χ2n) is 6.18. The van der Waals surface area contributed by atoms with Gasteiger partial charge in [-0.1, -0.05) is 30.3 Å². The fourth-order valence-corrected chi connectivity index (χ4v) is 2.19. The molecule has 0 aliphatic heterocycles. The van der Waals surface area contributed by atoms with Crippen LogP contribution in [0, 0.1) is 0 Å². The Bertz CT molecular complexity index is 496. The van der Waals surface area contributed by atoms with E-state index in [1.54, 1.807) is 27.7 Å². The maximum atomic E-state index is 12.1. The summed E-state index contributed by atoms with van der Waals surface area (Å²) in [6, 6.07) is 9.46. The van der Waals surface area contributed by atoms with Crippen LogP contribution in [0.15, 0.2) is 30.3 Å². The number of carbonyl (C=O) groups is 2. The molecule has 116 valence electrons. The van der Waals surface area contributed by atoms with E-state index in [-0.39, 0.29) is 11.7 Å². The Morgan fingerprint density at radius 1 is 1.14 bits per heavy atom. The Morgan fingerprint density at radius 3 is 2.19 bits per heavy atom. The first kappa shape index (κ1) is 17.5. The summed E-state index contributed by atoms with van der Waals surface area (Å²) >= 11 is 5.68. The largest absolute Gasteiger partial charge is 0.444 e. The highest BCUT2D eigenvalue weighted by molar-refractivity contribution is 6.29. The quantitative estimate of drug-likeness (QED) is 0.849. The highest BCUT2D eigenvalue weighted by Gasteiger charge is 2.35. The summed E-state index contributed by atoms with van der Waals surface area (Å²) in [6.45, 7) is 6.97. The first-order valence-electron chi connectivity index (χ1n) is 6.81. The molecule has 0 spiro atoms. The topological polar surface area (TPSA) is 55.4 Å². The standard InChI is InChI=1S/C16H22ClNO3/c1-15(2,3)21-14(20)18-16(4,13(19)11-17)10-12-8-6-5-7-9-12/h5-9H,10-11H2,1-4H3,(H,18,20)/t16-/m1/s1. The van der Waals surface area contributed by atoms with Gasteiger partial charge in [-0.2, -0.15) is 0 Å². The van der Waals surface area contributed by atoms with E-state index in [0.29, 0.717) is 6.42 Å². The van der Waals surface area contributed by atoms with Gasteiger partial charge in [0.25, 0.3) is 0 Å². The number of halogens is 1. The van der Waals surface area contributed by atoms with Gasteiger partial charge in [-0.15, -0.1) is 11.6 Å². The fraction of sp³-hybridized carbons (Fsp3) is 0.500. The molecule has 0 unspecified atom stereocenters. The Balaban J connectivity index is 2.89. The number of rotatable bonds is 5. The number of alkyl carbamates (subject to hydrolysis) is 1. The normalized spacial score (nSPS) is 14.1. The van der Waals surface area contributed by atoms with Gasteiger partial charge in [-0.25, -0.2) is 4.79 Å². The lowest BCUT2D eigenvalue weighted by atomic mass is 9.89. The van der Waals surface area contributed by atoms with Crippen molar-refractivity contribution in [3.8, 4) is 0 Å². The van der Waals surface area contributed by atoms with Crippen LogP contribution in [0.4, 0.5) is 4.79 Å². The molecule has 0 heterocycles. The Labute approximate surface area is 130 Å². The third kappa shape index (κ3) is 5.76. The van der Waals surface area contributed by atoms with Crippen LogP contribution in [0.25, 0.3) is 0 Å². The first-order valence-corrected chi connectivity index (χ1v) is 7.34. The number of Topliss-reactive ketones (excluding diaryl/α,β-unsaturated/α-hetero) is 1. The molecule has 0 radical (unpaired) electrons. The molecule has 21 heavy (non-hydrogen) atoms. The van der Waals surface area contributed by atoms with Crippen molar-refractivity contribution in [3.05, 3.63) is 35.9 Å². The Hall–Kier alpha value is -1.55. The molecule has 5 heteroatoms. The zero-order chi connectivity index (χ0) is 16.1. The third-order valence-corrected chi connectivity index (χ3v) is 3.16. The van der Waals surface area contributed by atoms with Crippen molar-refractivity contribution in [1.82, 2.24) is 5.32 Å². The van der Waals surface area contributed by atoms with E-state index in [0.717, 1.165) is 5.56 Å². The van der Waals surface area contributed by atoms with Crippen molar-refractivity contribution in [2.45, 2.75) is 45.3 Å². The van der Waals surface area contributed by atoms with E-state index in [9.17, 15) is 9.59 Å². The maximum Gasteiger partial charge on any atom is 0.408 e. The van der Waals surface area contributed by atoms with Gasteiger partial charge < -0.3 is 10.1 Å². The number of carbonyl (C=O) groups excluding carboxylic acids is 2. The number of amides is 1. The summed E-state index contributed by atoms with van der Waals surface area (Å²) in [5.41, 5.74) is -0.776. The van der Waals surface area contributed by atoms with Gasteiger partial charge in [0.1, 0.15) is 11.1 Å². The fourth-order valence-electron chi connectivity index (χ4n) is 1.89. The van der Waals surface area contributed by atoms with Gasteiger partial charge in [0.2, 0.25) is 0 Å². The minimum atomic E-state index is -1.09. The van der Waals surface area contributed by atoms with Gasteiger partial charge in [0, 0.05) is 6.42 Å². The van der Waals surface area contributed by atoms with Gasteiger partial charge in [-0.05, 0) is 33.3 Å². The van der Waals surface area contributed by atoms with Gasteiger partial charge in [0.15, 0.2) is 5.78 Å². The number of ketones is 1. The average molecular weight is 312 g/mol. The lowest BCUT2D eigenvalue weighted by Crippen LogP contribution is -2.55. The van der Waals surface area contributed by atoms with Crippen molar-refractivity contribution in [2.75, 3.05) is 5.88 Å². The van der Waals surface area contributed by atoms with Crippen molar-refractivity contribution in [2.24, 2.45) is 0 Å². The first-order chi connectivity index (χ1) is 9.66. The maximum absolute atomic E-state index is 12.1. The molecule has 1 aromatic rings. The second-order valence-corrected chi connectivity index (χ2v) is 6.45. The zero-order valence-corrected chi connectivity index (χ0v) is 13.7. The lowest BCUT2D eigenvalue weighted by Gasteiger charge is -2.30. The summed E-state index contributed by atoms with van der Waals surface area (Å²) in [7, 11) is 0. The summed E-state index contributed by atoms with van der Waals surface area (Å²) in [5, 5.41) is 2.65. The van der Waals surface area contributed by atoms with Crippen molar-refractivity contribution in [1.29, 1.82) is 0 Å².